The minimum Gasteiger partial charge on any atom is -0.212 e. The first-order valence-corrected chi connectivity index (χ1v) is 7.85. The molecule has 18 heavy (non-hydrogen) atoms. The van der Waals surface area contributed by atoms with Gasteiger partial charge in [-0.2, -0.15) is 0 Å². The van der Waals surface area contributed by atoms with Gasteiger partial charge in [-0.3, -0.25) is 0 Å². The van der Waals surface area contributed by atoms with Crippen molar-refractivity contribution in [3.05, 3.63) is 35.6 Å². The number of hydrogen-bond acceptors (Lipinski definition) is 2. The summed E-state index contributed by atoms with van der Waals surface area (Å²) in [4.78, 5) is 0. The van der Waals surface area contributed by atoms with Gasteiger partial charge in [-0.15, -0.1) is 11.6 Å². The van der Waals surface area contributed by atoms with Crippen molar-refractivity contribution >= 4 is 21.6 Å². The first-order valence-electron chi connectivity index (χ1n) is 5.66. The van der Waals surface area contributed by atoms with E-state index < -0.39 is 21.9 Å². The molecule has 1 aromatic rings. The molecular weight excluding hydrogens is 277 g/mol. The summed E-state index contributed by atoms with van der Waals surface area (Å²) in [5.41, 5.74) is 0.333. The third-order valence-electron chi connectivity index (χ3n) is 2.50. The summed E-state index contributed by atoms with van der Waals surface area (Å²) in [6.45, 7) is 3.36. The molecule has 2 atom stereocenters. The van der Waals surface area contributed by atoms with E-state index in [-0.39, 0.29) is 17.6 Å². The SMILES string of the molecule is CC(CCl)CS(=O)(=O)N[C@H](C)c1ccccc1F. The van der Waals surface area contributed by atoms with Crippen LogP contribution in [0.15, 0.2) is 24.3 Å². The fourth-order valence-corrected chi connectivity index (χ4v) is 3.49. The Labute approximate surface area is 112 Å². The molecule has 0 aromatic heterocycles. The number of sulfonamides is 1. The smallest absolute Gasteiger partial charge is 0.212 e. The largest absolute Gasteiger partial charge is 0.212 e. The summed E-state index contributed by atoms with van der Waals surface area (Å²) >= 11 is 5.58. The molecule has 0 saturated carbocycles. The third-order valence-corrected chi connectivity index (χ3v) is 4.74. The molecule has 1 aromatic carbocycles. The first-order chi connectivity index (χ1) is 8.35. The van der Waals surface area contributed by atoms with Gasteiger partial charge in [0.05, 0.1) is 5.75 Å². The zero-order valence-electron chi connectivity index (χ0n) is 10.4. The Morgan fingerprint density at radius 2 is 1.94 bits per heavy atom. The summed E-state index contributed by atoms with van der Waals surface area (Å²) in [5.74, 6) is -0.348. The number of rotatable bonds is 6. The van der Waals surface area contributed by atoms with Crippen molar-refractivity contribution in [1.82, 2.24) is 4.72 Å². The Balaban J connectivity index is 2.76. The Hall–Kier alpha value is -0.650. The van der Waals surface area contributed by atoms with Gasteiger partial charge in [-0.25, -0.2) is 17.5 Å². The maximum absolute atomic E-state index is 13.5. The molecule has 3 nitrogen and oxygen atoms in total. The van der Waals surface area contributed by atoms with Crippen LogP contribution in [0.2, 0.25) is 0 Å². The third kappa shape index (κ3) is 4.55. The summed E-state index contributed by atoms with van der Waals surface area (Å²) in [6.07, 6.45) is 0. The van der Waals surface area contributed by atoms with Gasteiger partial charge in [0.1, 0.15) is 5.82 Å². The summed E-state index contributed by atoms with van der Waals surface area (Å²) < 4.78 is 39.5. The van der Waals surface area contributed by atoms with Crippen LogP contribution in [0.5, 0.6) is 0 Å². The van der Waals surface area contributed by atoms with Crippen LogP contribution in [-0.2, 0) is 10.0 Å². The molecule has 102 valence electrons. The van der Waals surface area contributed by atoms with Gasteiger partial charge >= 0.3 is 0 Å². The van der Waals surface area contributed by atoms with Crippen LogP contribution in [0.25, 0.3) is 0 Å². The molecule has 6 heteroatoms. The molecule has 0 fully saturated rings. The monoisotopic (exact) mass is 293 g/mol. The van der Waals surface area contributed by atoms with Gasteiger partial charge in [-0.1, -0.05) is 25.1 Å². The highest BCUT2D eigenvalue weighted by molar-refractivity contribution is 7.89. The average molecular weight is 294 g/mol. The van der Waals surface area contributed by atoms with Crippen molar-refractivity contribution in [1.29, 1.82) is 0 Å². The number of hydrogen-bond donors (Lipinski definition) is 1. The Morgan fingerprint density at radius 3 is 2.50 bits per heavy atom. The van der Waals surface area contributed by atoms with Crippen molar-refractivity contribution in [2.24, 2.45) is 5.92 Å². The average Bonchev–Trinajstić information content (AvgIpc) is 2.27. The molecule has 0 bridgehead atoms. The maximum Gasteiger partial charge on any atom is 0.212 e. The van der Waals surface area contributed by atoms with Crippen molar-refractivity contribution < 1.29 is 12.8 Å². The van der Waals surface area contributed by atoms with Gasteiger partial charge in [-0.05, 0) is 18.9 Å². The van der Waals surface area contributed by atoms with E-state index in [1.54, 1.807) is 32.0 Å². The summed E-state index contributed by atoms with van der Waals surface area (Å²) in [5, 5.41) is 0. The van der Waals surface area contributed by atoms with Crippen LogP contribution >= 0.6 is 11.6 Å². The van der Waals surface area contributed by atoms with Crippen LogP contribution < -0.4 is 4.72 Å². The number of alkyl halides is 1. The second kappa shape index (κ2) is 6.50. The molecule has 0 aliphatic carbocycles. The van der Waals surface area contributed by atoms with Crippen LogP contribution in [0.4, 0.5) is 4.39 Å². The highest BCUT2D eigenvalue weighted by Crippen LogP contribution is 2.17. The zero-order valence-corrected chi connectivity index (χ0v) is 11.9. The first kappa shape index (κ1) is 15.4. The molecule has 0 aliphatic heterocycles. The fraction of sp³-hybridized carbons (Fsp3) is 0.500. The second-order valence-corrected chi connectivity index (χ2v) is 6.51. The summed E-state index contributed by atoms with van der Waals surface area (Å²) in [6, 6.07) is 5.51. The molecule has 0 saturated heterocycles. The van der Waals surface area contributed by atoms with Gasteiger partial charge < -0.3 is 0 Å². The molecule has 0 amide bonds. The fourth-order valence-electron chi connectivity index (χ4n) is 1.63. The summed E-state index contributed by atoms with van der Waals surface area (Å²) in [7, 11) is -3.46. The lowest BCUT2D eigenvalue weighted by atomic mass is 10.1. The maximum atomic E-state index is 13.5. The van der Waals surface area contributed by atoms with Crippen molar-refractivity contribution in [2.45, 2.75) is 19.9 Å². The van der Waals surface area contributed by atoms with Crippen molar-refractivity contribution in [3.8, 4) is 0 Å². The molecule has 0 spiro atoms. The zero-order chi connectivity index (χ0) is 13.8. The Kier molecular flexibility index (Phi) is 5.56. The highest BCUT2D eigenvalue weighted by atomic mass is 35.5. The molecule has 1 N–H and O–H groups in total. The molecule has 1 rings (SSSR count). The number of nitrogens with one attached hydrogen (secondary N) is 1. The molecule has 1 unspecified atom stereocenters. The van der Waals surface area contributed by atoms with E-state index in [0.717, 1.165) is 0 Å². The van der Waals surface area contributed by atoms with E-state index in [9.17, 15) is 12.8 Å². The second-order valence-electron chi connectivity index (χ2n) is 4.40. The quantitative estimate of drug-likeness (QED) is 0.820. The minimum absolute atomic E-state index is 0.0602. The van der Waals surface area contributed by atoms with E-state index in [0.29, 0.717) is 5.56 Å². The minimum atomic E-state index is -3.46. The molecule has 0 radical (unpaired) electrons. The van der Waals surface area contributed by atoms with Gasteiger partial charge in [0.15, 0.2) is 0 Å². The van der Waals surface area contributed by atoms with E-state index in [1.165, 1.54) is 6.07 Å². The Bertz CT molecular complexity index is 493. The predicted octanol–water partition coefficient (Wildman–Crippen LogP) is 2.68. The van der Waals surface area contributed by atoms with Gasteiger partial charge in [0.25, 0.3) is 0 Å². The number of halogens is 2. The lowest BCUT2D eigenvalue weighted by Gasteiger charge is -2.16. The molecule has 0 heterocycles. The number of benzene rings is 1. The van der Waals surface area contributed by atoms with Gasteiger partial charge in [0, 0.05) is 17.5 Å². The molecule has 0 aliphatic rings. The Morgan fingerprint density at radius 1 is 1.33 bits per heavy atom. The van der Waals surface area contributed by atoms with E-state index in [4.69, 9.17) is 11.6 Å². The van der Waals surface area contributed by atoms with Crippen LogP contribution in [0, 0.1) is 11.7 Å². The standard InChI is InChI=1S/C12H17ClFNO2S/c1-9(7-13)8-18(16,17)15-10(2)11-5-3-4-6-12(11)14/h3-6,9-10,15H,7-8H2,1-2H3/t9?,10-/m1/s1. The van der Waals surface area contributed by atoms with Crippen molar-refractivity contribution in [3.63, 3.8) is 0 Å². The van der Waals surface area contributed by atoms with E-state index in [1.807, 2.05) is 0 Å². The normalized spacial score (nSPS) is 15.3. The molecular formula is C12H17ClFNO2S. The lowest BCUT2D eigenvalue weighted by Crippen LogP contribution is -2.32. The van der Waals surface area contributed by atoms with Crippen LogP contribution in [0.1, 0.15) is 25.5 Å². The lowest BCUT2D eigenvalue weighted by molar-refractivity contribution is 0.542. The van der Waals surface area contributed by atoms with Crippen LogP contribution in [-0.4, -0.2) is 20.1 Å². The van der Waals surface area contributed by atoms with E-state index in [2.05, 4.69) is 4.72 Å². The van der Waals surface area contributed by atoms with Crippen molar-refractivity contribution in [2.75, 3.05) is 11.6 Å². The highest BCUT2D eigenvalue weighted by Gasteiger charge is 2.20. The predicted molar refractivity (Wildman–Crippen MR) is 71.6 cm³/mol. The van der Waals surface area contributed by atoms with Crippen LogP contribution in [0.3, 0.4) is 0 Å². The van der Waals surface area contributed by atoms with E-state index >= 15 is 0 Å². The van der Waals surface area contributed by atoms with Gasteiger partial charge in [0.2, 0.25) is 10.0 Å². The topological polar surface area (TPSA) is 46.2 Å².